The van der Waals surface area contributed by atoms with E-state index in [9.17, 15) is 13.2 Å². The smallest absolute Gasteiger partial charge is 0.496 e. The van der Waals surface area contributed by atoms with Gasteiger partial charge in [-0.3, -0.25) is 4.90 Å². The predicted molar refractivity (Wildman–Crippen MR) is 101 cm³/mol. The number of hydrogen-bond donors (Lipinski definition) is 1. The second-order valence-electron chi connectivity index (χ2n) is 6.38. The van der Waals surface area contributed by atoms with Crippen molar-refractivity contribution in [1.29, 1.82) is 0 Å². The zero-order valence-corrected chi connectivity index (χ0v) is 16.8. The van der Waals surface area contributed by atoms with Crippen LogP contribution in [0.5, 0.6) is 11.5 Å². The number of nitrogens with zero attached hydrogens (tertiary/aromatic N) is 1. The van der Waals surface area contributed by atoms with Crippen LogP contribution in [-0.4, -0.2) is 44.6 Å². The Hall–Kier alpha value is -0.890. The quantitative estimate of drug-likeness (QED) is 0.740. The van der Waals surface area contributed by atoms with Gasteiger partial charge in [0, 0.05) is 37.8 Å². The minimum Gasteiger partial charge on any atom is -0.496 e. The zero-order valence-electron chi connectivity index (χ0n) is 15.1. The molecule has 2 rings (SSSR count). The van der Waals surface area contributed by atoms with Gasteiger partial charge in [0.25, 0.3) is 0 Å². The minimum absolute atomic E-state index is 0. The Balaban J connectivity index is 0.00000312. The number of rotatable bonds is 6. The molecule has 1 aromatic carbocycles. The maximum Gasteiger partial charge on any atom is 0.573 e. The fourth-order valence-electron chi connectivity index (χ4n) is 3.08. The fraction of sp³-hybridized carbons (Fsp3) is 0.647. The number of methoxy groups -OCH3 is 1. The van der Waals surface area contributed by atoms with Gasteiger partial charge in [0.05, 0.1) is 7.11 Å². The van der Waals surface area contributed by atoms with Gasteiger partial charge in [-0.2, -0.15) is 0 Å². The Morgan fingerprint density at radius 1 is 1.15 bits per heavy atom. The third-order valence-corrected chi connectivity index (χ3v) is 4.08. The third kappa shape index (κ3) is 7.39. The molecule has 1 heterocycles. The highest BCUT2D eigenvalue weighted by Crippen LogP contribution is 2.37. The van der Waals surface area contributed by atoms with E-state index in [2.05, 4.69) is 28.8 Å². The van der Waals surface area contributed by atoms with Crippen LogP contribution in [-0.2, 0) is 0 Å². The maximum absolute atomic E-state index is 12.5. The number of halogens is 5. The minimum atomic E-state index is -4.70. The summed E-state index contributed by atoms with van der Waals surface area (Å²) in [5.74, 6) is 0.790. The normalized spacial score (nSPS) is 16.4. The van der Waals surface area contributed by atoms with Gasteiger partial charge in [0.2, 0.25) is 0 Å². The van der Waals surface area contributed by atoms with Crippen molar-refractivity contribution < 1.29 is 22.6 Å². The monoisotopic (exact) mass is 418 g/mol. The van der Waals surface area contributed by atoms with Crippen molar-refractivity contribution in [3.8, 4) is 11.5 Å². The lowest BCUT2D eigenvalue weighted by molar-refractivity contribution is -0.274. The largest absolute Gasteiger partial charge is 0.573 e. The number of hydrogen-bond acceptors (Lipinski definition) is 4. The first kappa shape index (κ1) is 25.1. The molecule has 152 valence electrons. The molecule has 0 radical (unpaired) electrons. The molecule has 1 fully saturated rings. The van der Waals surface area contributed by atoms with Gasteiger partial charge in [0.15, 0.2) is 0 Å². The first-order valence-corrected chi connectivity index (χ1v) is 8.18. The molecular formula is C17H27Cl2F3N2O2. The lowest BCUT2D eigenvalue weighted by Gasteiger charge is -2.36. The van der Waals surface area contributed by atoms with E-state index < -0.39 is 6.36 Å². The molecule has 0 unspecified atom stereocenters. The number of benzene rings is 1. The summed E-state index contributed by atoms with van der Waals surface area (Å²) in [6.45, 7) is 7.66. The summed E-state index contributed by atoms with van der Waals surface area (Å²) in [7, 11) is 1.54. The summed E-state index contributed by atoms with van der Waals surface area (Å²) in [6.07, 6.45) is -3.86. The average Bonchev–Trinajstić information content (AvgIpc) is 2.52. The lowest BCUT2D eigenvalue weighted by Crippen LogP contribution is -2.45. The van der Waals surface area contributed by atoms with Crippen LogP contribution in [0.25, 0.3) is 0 Å². The van der Waals surface area contributed by atoms with E-state index in [1.54, 1.807) is 6.07 Å². The molecule has 4 nitrogen and oxygen atoms in total. The number of piperazine rings is 1. The van der Waals surface area contributed by atoms with Crippen LogP contribution in [0.3, 0.4) is 0 Å². The van der Waals surface area contributed by atoms with E-state index in [-0.39, 0.29) is 36.6 Å². The topological polar surface area (TPSA) is 33.7 Å². The van der Waals surface area contributed by atoms with Crippen molar-refractivity contribution in [2.45, 2.75) is 32.7 Å². The van der Waals surface area contributed by atoms with E-state index in [1.807, 2.05) is 0 Å². The van der Waals surface area contributed by atoms with Crippen molar-refractivity contribution in [1.82, 2.24) is 10.2 Å². The van der Waals surface area contributed by atoms with Crippen LogP contribution in [0.2, 0.25) is 0 Å². The molecule has 26 heavy (non-hydrogen) atoms. The number of ether oxygens (including phenoxy) is 2. The highest BCUT2D eigenvalue weighted by molar-refractivity contribution is 5.85. The number of nitrogens with one attached hydrogen (secondary N) is 1. The van der Waals surface area contributed by atoms with Crippen LogP contribution in [0.1, 0.15) is 31.9 Å². The van der Waals surface area contributed by atoms with E-state index >= 15 is 0 Å². The molecule has 1 saturated heterocycles. The maximum atomic E-state index is 12.5. The standard InChI is InChI=1S/C17H25F3N2O2.2ClH/c1-12(2)10-15(22-8-6-21-7-9-22)14-11-13(24-17(18,19)20)4-5-16(14)23-3;;/h4-5,11-12,15,21H,6-10H2,1-3H3;2*1H/t15-;;/m0../s1. The highest BCUT2D eigenvalue weighted by Gasteiger charge is 2.32. The molecule has 1 aliphatic heterocycles. The first-order valence-electron chi connectivity index (χ1n) is 8.18. The van der Waals surface area contributed by atoms with Crippen LogP contribution >= 0.6 is 24.8 Å². The predicted octanol–water partition coefficient (Wildman–Crippen LogP) is 4.43. The molecule has 0 saturated carbocycles. The van der Waals surface area contributed by atoms with Crippen molar-refractivity contribution >= 4 is 24.8 Å². The van der Waals surface area contributed by atoms with E-state index in [0.29, 0.717) is 11.7 Å². The summed E-state index contributed by atoms with van der Waals surface area (Å²) < 4.78 is 47.2. The lowest BCUT2D eigenvalue weighted by atomic mass is 9.94. The summed E-state index contributed by atoms with van der Waals surface area (Å²) in [4.78, 5) is 2.30. The van der Waals surface area contributed by atoms with E-state index in [0.717, 1.165) is 38.2 Å². The third-order valence-electron chi connectivity index (χ3n) is 4.08. The van der Waals surface area contributed by atoms with Gasteiger partial charge < -0.3 is 14.8 Å². The molecule has 9 heteroatoms. The molecule has 1 aliphatic rings. The molecular weight excluding hydrogens is 392 g/mol. The van der Waals surface area contributed by atoms with Gasteiger partial charge in [-0.15, -0.1) is 38.0 Å². The van der Waals surface area contributed by atoms with Gasteiger partial charge in [-0.1, -0.05) is 13.8 Å². The summed E-state index contributed by atoms with van der Waals surface area (Å²) in [6, 6.07) is 4.30. The molecule has 0 amide bonds. The van der Waals surface area contributed by atoms with Crippen molar-refractivity contribution in [3.05, 3.63) is 23.8 Å². The Kier molecular flexibility index (Phi) is 10.7. The van der Waals surface area contributed by atoms with E-state index in [4.69, 9.17) is 4.74 Å². The molecule has 1 atom stereocenters. The summed E-state index contributed by atoms with van der Waals surface area (Å²) in [5, 5.41) is 3.30. The van der Waals surface area contributed by atoms with Crippen LogP contribution in [0, 0.1) is 5.92 Å². The molecule has 1 aromatic rings. The number of alkyl halides is 3. The molecule has 1 N–H and O–H groups in total. The SMILES string of the molecule is COc1ccc(OC(F)(F)F)cc1[C@H](CC(C)C)N1CCNCC1.Cl.Cl. The molecule has 0 bridgehead atoms. The van der Waals surface area contributed by atoms with Crippen LogP contribution < -0.4 is 14.8 Å². The fourth-order valence-corrected chi connectivity index (χ4v) is 3.08. The second-order valence-corrected chi connectivity index (χ2v) is 6.38. The second kappa shape index (κ2) is 11.1. The van der Waals surface area contributed by atoms with Gasteiger partial charge >= 0.3 is 6.36 Å². The summed E-state index contributed by atoms with van der Waals surface area (Å²) >= 11 is 0. The Morgan fingerprint density at radius 2 is 1.77 bits per heavy atom. The van der Waals surface area contributed by atoms with Gasteiger partial charge in [-0.25, -0.2) is 0 Å². The molecule has 0 spiro atoms. The van der Waals surface area contributed by atoms with Gasteiger partial charge in [0.1, 0.15) is 11.5 Å². The molecule has 0 aromatic heterocycles. The van der Waals surface area contributed by atoms with Crippen molar-refractivity contribution in [2.24, 2.45) is 5.92 Å². The van der Waals surface area contributed by atoms with Crippen molar-refractivity contribution in [2.75, 3.05) is 33.3 Å². The Bertz CT molecular complexity index is 539. The zero-order chi connectivity index (χ0) is 17.7. The van der Waals surface area contributed by atoms with E-state index in [1.165, 1.54) is 19.2 Å². The van der Waals surface area contributed by atoms with Crippen LogP contribution in [0.4, 0.5) is 13.2 Å². The van der Waals surface area contributed by atoms with Gasteiger partial charge in [-0.05, 0) is 30.5 Å². The summed E-state index contributed by atoms with van der Waals surface area (Å²) in [5.41, 5.74) is 0.745. The first-order chi connectivity index (χ1) is 11.3. The molecule has 0 aliphatic carbocycles. The highest BCUT2D eigenvalue weighted by atomic mass is 35.5. The Labute approximate surface area is 165 Å². The average molecular weight is 419 g/mol. The van der Waals surface area contributed by atoms with Crippen LogP contribution in [0.15, 0.2) is 18.2 Å². The van der Waals surface area contributed by atoms with Crippen molar-refractivity contribution in [3.63, 3.8) is 0 Å². The Morgan fingerprint density at radius 3 is 2.27 bits per heavy atom.